The van der Waals surface area contributed by atoms with Gasteiger partial charge in [-0.1, -0.05) is 6.07 Å². The Labute approximate surface area is 154 Å². The lowest BCUT2D eigenvalue weighted by Crippen LogP contribution is -2.38. The van der Waals surface area contributed by atoms with Crippen LogP contribution in [0.4, 0.5) is 9.59 Å². The number of piperidine rings is 1. The fourth-order valence-electron chi connectivity index (χ4n) is 3.65. The van der Waals surface area contributed by atoms with E-state index in [4.69, 9.17) is 4.74 Å². The normalized spacial score (nSPS) is 24.0. The van der Waals surface area contributed by atoms with Crippen LogP contribution in [0.15, 0.2) is 24.5 Å². The monoisotopic (exact) mass is 360 g/mol. The standard InChI is InChI=1S/C19H28N4O3/c1-19(2,3)26-18(25)23-11-15-14(16(15)12-23)6-8-21-17(24)22-10-13-5-4-7-20-9-13/h4-5,7,9,14-16H,6,8,10-12H2,1-3H3,(H2,21,22,24). The van der Waals surface area contributed by atoms with Gasteiger partial charge in [0.1, 0.15) is 5.60 Å². The van der Waals surface area contributed by atoms with Gasteiger partial charge in [-0.15, -0.1) is 0 Å². The van der Waals surface area contributed by atoms with Gasteiger partial charge >= 0.3 is 12.1 Å². The predicted molar refractivity (Wildman–Crippen MR) is 97.4 cm³/mol. The Kier molecular flexibility index (Phi) is 5.34. The summed E-state index contributed by atoms with van der Waals surface area (Å²) in [4.78, 5) is 29.7. The molecular formula is C19H28N4O3. The summed E-state index contributed by atoms with van der Waals surface area (Å²) < 4.78 is 5.42. The van der Waals surface area contributed by atoms with Crippen molar-refractivity contribution in [2.75, 3.05) is 19.6 Å². The van der Waals surface area contributed by atoms with Crippen LogP contribution in [0.1, 0.15) is 32.8 Å². The van der Waals surface area contributed by atoms with E-state index >= 15 is 0 Å². The average molecular weight is 360 g/mol. The molecule has 142 valence electrons. The molecule has 7 heteroatoms. The molecule has 7 nitrogen and oxygen atoms in total. The van der Waals surface area contributed by atoms with Gasteiger partial charge < -0.3 is 20.3 Å². The minimum Gasteiger partial charge on any atom is -0.444 e. The molecule has 3 rings (SSSR count). The minimum atomic E-state index is -0.448. The fourth-order valence-corrected chi connectivity index (χ4v) is 3.65. The van der Waals surface area contributed by atoms with E-state index in [1.165, 1.54) is 0 Å². The molecule has 2 unspecified atom stereocenters. The van der Waals surface area contributed by atoms with Crippen molar-refractivity contribution >= 4 is 12.1 Å². The summed E-state index contributed by atoms with van der Waals surface area (Å²) in [6, 6.07) is 3.62. The van der Waals surface area contributed by atoms with Gasteiger partial charge in [0, 0.05) is 38.6 Å². The van der Waals surface area contributed by atoms with Crippen LogP contribution >= 0.6 is 0 Å². The van der Waals surface area contributed by atoms with Crippen LogP contribution in [-0.4, -0.2) is 47.2 Å². The lowest BCUT2D eigenvalue weighted by atomic mass is 10.2. The molecule has 1 aliphatic carbocycles. The van der Waals surface area contributed by atoms with Crippen LogP contribution in [0.2, 0.25) is 0 Å². The first kappa shape index (κ1) is 18.5. The van der Waals surface area contributed by atoms with E-state index in [0.717, 1.165) is 25.1 Å². The highest BCUT2D eigenvalue weighted by atomic mass is 16.6. The number of hydrogen-bond acceptors (Lipinski definition) is 4. The number of nitrogens with zero attached hydrogens (tertiary/aromatic N) is 2. The Bertz CT molecular complexity index is 632. The summed E-state index contributed by atoms with van der Waals surface area (Å²) in [5, 5.41) is 5.73. The Morgan fingerprint density at radius 2 is 2.00 bits per heavy atom. The maximum Gasteiger partial charge on any atom is 0.410 e. The molecule has 1 aromatic heterocycles. The third kappa shape index (κ3) is 4.86. The van der Waals surface area contributed by atoms with E-state index in [1.54, 1.807) is 12.4 Å². The fraction of sp³-hybridized carbons (Fsp3) is 0.632. The molecule has 0 aromatic carbocycles. The van der Waals surface area contributed by atoms with Crippen molar-refractivity contribution in [1.82, 2.24) is 20.5 Å². The topological polar surface area (TPSA) is 83.6 Å². The van der Waals surface area contributed by atoms with E-state index in [1.807, 2.05) is 37.8 Å². The summed E-state index contributed by atoms with van der Waals surface area (Å²) in [6.07, 6.45) is 4.19. The van der Waals surface area contributed by atoms with E-state index in [9.17, 15) is 9.59 Å². The van der Waals surface area contributed by atoms with Crippen molar-refractivity contribution < 1.29 is 14.3 Å². The second-order valence-corrected chi connectivity index (χ2v) is 8.14. The molecule has 0 radical (unpaired) electrons. The zero-order chi connectivity index (χ0) is 18.7. The van der Waals surface area contributed by atoms with Crippen molar-refractivity contribution in [2.24, 2.45) is 17.8 Å². The second-order valence-electron chi connectivity index (χ2n) is 8.14. The molecule has 1 aromatic rings. The lowest BCUT2D eigenvalue weighted by molar-refractivity contribution is 0.0265. The minimum absolute atomic E-state index is 0.157. The second kappa shape index (κ2) is 7.51. The van der Waals surface area contributed by atoms with Gasteiger partial charge in [-0.05, 0) is 56.6 Å². The van der Waals surface area contributed by atoms with Gasteiger partial charge in [0.05, 0.1) is 0 Å². The molecule has 26 heavy (non-hydrogen) atoms. The number of carbonyl (C=O) groups excluding carboxylic acids is 2. The molecule has 2 aliphatic rings. The van der Waals surface area contributed by atoms with Gasteiger partial charge in [-0.2, -0.15) is 0 Å². The number of ether oxygens (including phenoxy) is 1. The van der Waals surface area contributed by atoms with Gasteiger partial charge in [0.2, 0.25) is 0 Å². The van der Waals surface area contributed by atoms with Crippen LogP contribution < -0.4 is 10.6 Å². The number of rotatable bonds is 5. The summed E-state index contributed by atoms with van der Waals surface area (Å²) in [6.45, 7) is 8.33. The zero-order valence-corrected chi connectivity index (χ0v) is 15.7. The lowest BCUT2D eigenvalue weighted by Gasteiger charge is -2.25. The Morgan fingerprint density at radius 3 is 2.62 bits per heavy atom. The highest BCUT2D eigenvalue weighted by molar-refractivity contribution is 5.73. The van der Waals surface area contributed by atoms with Gasteiger partial charge in [0.25, 0.3) is 0 Å². The summed E-state index contributed by atoms with van der Waals surface area (Å²) in [5.41, 5.74) is 0.526. The molecule has 1 saturated carbocycles. The molecule has 0 spiro atoms. The number of fused-ring (bicyclic) bond motifs is 1. The Hall–Kier alpha value is -2.31. The molecule has 2 heterocycles. The zero-order valence-electron chi connectivity index (χ0n) is 15.7. The van der Waals surface area contributed by atoms with Crippen LogP contribution in [0.3, 0.4) is 0 Å². The van der Waals surface area contributed by atoms with Crippen LogP contribution in [0.25, 0.3) is 0 Å². The number of pyridine rings is 1. The van der Waals surface area contributed by atoms with E-state index in [2.05, 4.69) is 15.6 Å². The van der Waals surface area contributed by atoms with Gasteiger partial charge in [-0.25, -0.2) is 9.59 Å². The third-order valence-corrected chi connectivity index (χ3v) is 4.96. The van der Waals surface area contributed by atoms with Crippen LogP contribution in [-0.2, 0) is 11.3 Å². The quantitative estimate of drug-likeness (QED) is 0.844. The summed E-state index contributed by atoms with van der Waals surface area (Å²) >= 11 is 0. The molecule has 2 N–H and O–H groups in total. The largest absolute Gasteiger partial charge is 0.444 e. The maximum atomic E-state index is 12.1. The first-order chi connectivity index (χ1) is 12.3. The summed E-state index contributed by atoms with van der Waals surface area (Å²) in [7, 11) is 0. The highest BCUT2D eigenvalue weighted by Gasteiger charge is 2.56. The highest BCUT2D eigenvalue weighted by Crippen LogP contribution is 2.53. The van der Waals surface area contributed by atoms with E-state index in [0.29, 0.717) is 30.8 Å². The summed E-state index contributed by atoms with van der Waals surface area (Å²) in [5.74, 6) is 1.72. The Balaban J connectivity index is 1.29. The SMILES string of the molecule is CC(C)(C)OC(=O)N1CC2C(CCNC(=O)NCc3cccnc3)C2C1. The van der Waals surface area contributed by atoms with Gasteiger partial charge in [0.15, 0.2) is 0 Å². The van der Waals surface area contributed by atoms with Crippen LogP contribution in [0, 0.1) is 17.8 Å². The number of urea groups is 1. The molecule has 1 aliphatic heterocycles. The number of hydrogen-bond donors (Lipinski definition) is 2. The number of nitrogens with one attached hydrogen (secondary N) is 2. The van der Waals surface area contributed by atoms with Gasteiger partial charge in [-0.3, -0.25) is 4.98 Å². The maximum absolute atomic E-state index is 12.1. The van der Waals surface area contributed by atoms with Crippen molar-refractivity contribution in [3.63, 3.8) is 0 Å². The number of amides is 3. The molecule has 0 bridgehead atoms. The van der Waals surface area contributed by atoms with Crippen molar-refractivity contribution in [1.29, 1.82) is 0 Å². The smallest absolute Gasteiger partial charge is 0.410 e. The molecule has 2 fully saturated rings. The number of carbonyl (C=O) groups is 2. The molecular weight excluding hydrogens is 332 g/mol. The Morgan fingerprint density at radius 1 is 1.27 bits per heavy atom. The molecule has 3 amide bonds. The van der Waals surface area contributed by atoms with E-state index < -0.39 is 5.60 Å². The van der Waals surface area contributed by atoms with Crippen LogP contribution in [0.5, 0.6) is 0 Å². The number of likely N-dealkylation sites (tertiary alicyclic amines) is 1. The van der Waals surface area contributed by atoms with Crippen molar-refractivity contribution in [2.45, 2.75) is 39.3 Å². The molecule has 2 atom stereocenters. The van der Waals surface area contributed by atoms with E-state index in [-0.39, 0.29) is 12.1 Å². The van der Waals surface area contributed by atoms with Crippen molar-refractivity contribution in [3.8, 4) is 0 Å². The first-order valence-corrected chi connectivity index (χ1v) is 9.22. The number of aromatic nitrogens is 1. The van der Waals surface area contributed by atoms with Crippen molar-refractivity contribution in [3.05, 3.63) is 30.1 Å². The first-order valence-electron chi connectivity index (χ1n) is 9.22. The molecule has 1 saturated heterocycles. The predicted octanol–water partition coefficient (Wildman–Crippen LogP) is 2.38. The third-order valence-electron chi connectivity index (χ3n) is 4.96. The average Bonchev–Trinajstić information content (AvgIpc) is 3.02.